The zero-order valence-electron chi connectivity index (χ0n) is 16.6. The molecule has 3 heterocycles. The van der Waals surface area contributed by atoms with Crippen molar-refractivity contribution in [2.75, 3.05) is 25.5 Å². The number of carbonyl (C=O) groups excluding carboxylic acids is 2. The van der Waals surface area contributed by atoms with Gasteiger partial charge in [0.1, 0.15) is 11.8 Å². The number of aliphatic hydroxyl groups excluding tert-OH is 1. The number of hydrogen-bond donors (Lipinski definition) is 2. The van der Waals surface area contributed by atoms with E-state index in [9.17, 15) is 14.7 Å². The minimum absolute atomic E-state index is 0.206. The van der Waals surface area contributed by atoms with Crippen LogP contribution in [0.25, 0.3) is 0 Å². The van der Waals surface area contributed by atoms with Gasteiger partial charge in [0.25, 0.3) is 5.91 Å². The van der Waals surface area contributed by atoms with Crippen LogP contribution in [0, 0.1) is 0 Å². The zero-order chi connectivity index (χ0) is 20.5. The van der Waals surface area contributed by atoms with Crippen LogP contribution in [0.1, 0.15) is 34.2 Å². The van der Waals surface area contributed by atoms with Crippen LogP contribution in [-0.2, 0) is 30.8 Å². The van der Waals surface area contributed by atoms with Crippen molar-refractivity contribution in [2.24, 2.45) is 0 Å². The van der Waals surface area contributed by atoms with Gasteiger partial charge in [-0.25, -0.2) is 9.86 Å². The number of amides is 3. The molecular formula is C20H25N5O4. The molecule has 0 bridgehead atoms. The quantitative estimate of drug-likeness (QED) is 0.813. The monoisotopic (exact) mass is 399 g/mol. The second kappa shape index (κ2) is 7.84. The number of rotatable bonds is 3. The average Bonchev–Trinajstić information content (AvgIpc) is 3.03. The maximum absolute atomic E-state index is 12.8. The number of nitrogens with one attached hydrogen (secondary N) is 1. The van der Waals surface area contributed by atoms with Gasteiger partial charge in [-0.15, -0.1) is 0 Å². The van der Waals surface area contributed by atoms with Gasteiger partial charge in [0, 0.05) is 31.3 Å². The van der Waals surface area contributed by atoms with Crippen LogP contribution in [0.3, 0.4) is 0 Å². The van der Waals surface area contributed by atoms with E-state index in [1.54, 1.807) is 9.58 Å². The summed E-state index contributed by atoms with van der Waals surface area (Å²) in [5.41, 5.74) is 3.88. The molecule has 9 nitrogen and oxygen atoms in total. The Morgan fingerprint density at radius 2 is 2.24 bits per heavy atom. The summed E-state index contributed by atoms with van der Waals surface area (Å²) in [5, 5.41) is 18.1. The third-order valence-electron chi connectivity index (χ3n) is 5.35. The maximum Gasteiger partial charge on any atom is 0.322 e. The third kappa shape index (κ3) is 3.70. The van der Waals surface area contributed by atoms with Crippen LogP contribution in [0.15, 0.2) is 24.3 Å². The van der Waals surface area contributed by atoms with Crippen LogP contribution in [0.5, 0.6) is 0 Å². The second-order valence-electron chi connectivity index (χ2n) is 7.32. The highest BCUT2D eigenvalue weighted by Crippen LogP contribution is 2.26. The van der Waals surface area contributed by atoms with Gasteiger partial charge in [0.05, 0.1) is 25.4 Å². The highest BCUT2D eigenvalue weighted by Gasteiger charge is 2.35. The molecule has 0 saturated heterocycles. The molecule has 0 aliphatic carbocycles. The predicted octanol–water partition coefficient (Wildman–Crippen LogP) is 1.41. The molecule has 4 rings (SSSR count). The average molecular weight is 399 g/mol. The van der Waals surface area contributed by atoms with Crippen LogP contribution in [0.4, 0.5) is 10.5 Å². The number of aromatic nitrogens is 2. The van der Waals surface area contributed by atoms with Crippen molar-refractivity contribution in [3.63, 3.8) is 0 Å². The van der Waals surface area contributed by atoms with E-state index in [1.807, 2.05) is 24.3 Å². The molecule has 1 atom stereocenters. The Bertz CT molecular complexity index is 941. The topological polar surface area (TPSA) is 99.9 Å². The van der Waals surface area contributed by atoms with E-state index in [0.717, 1.165) is 34.0 Å². The summed E-state index contributed by atoms with van der Waals surface area (Å²) in [6, 6.07) is 7.57. The van der Waals surface area contributed by atoms with Gasteiger partial charge in [-0.3, -0.25) is 14.3 Å². The number of aliphatic hydroxyl groups is 1. The minimum atomic E-state index is -0.545. The largest absolute Gasteiger partial charge is 0.393 e. The molecule has 9 heteroatoms. The van der Waals surface area contributed by atoms with Crippen molar-refractivity contribution < 1.29 is 19.5 Å². The molecule has 1 aromatic heterocycles. The summed E-state index contributed by atoms with van der Waals surface area (Å²) in [7, 11) is 1.52. The minimum Gasteiger partial charge on any atom is -0.393 e. The fourth-order valence-electron chi connectivity index (χ4n) is 3.78. The standard InChI is InChI=1S/C20H25N5O4/c1-3-13-5-4-6-14(9-13)21-20(28)24-8-7-17-16(11-24)18-19(27)23(2)29-15(12-26)10-25(18)22-17/h4-6,9,15,26H,3,7-8,10-12H2,1-2H3,(H,21,28). The molecule has 29 heavy (non-hydrogen) atoms. The smallest absolute Gasteiger partial charge is 0.322 e. The maximum atomic E-state index is 12.8. The Hall–Kier alpha value is -2.91. The highest BCUT2D eigenvalue weighted by atomic mass is 16.7. The van der Waals surface area contributed by atoms with E-state index in [1.165, 1.54) is 7.05 Å². The molecular weight excluding hydrogens is 374 g/mol. The molecule has 1 unspecified atom stereocenters. The van der Waals surface area contributed by atoms with Gasteiger partial charge in [-0.05, 0) is 24.1 Å². The van der Waals surface area contributed by atoms with E-state index in [4.69, 9.17) is 4.84 Å². The molecule has 2 aliphatic rings. The number of urea groups is 1. The lowest BCUT2D eigenvalue weighted by Gasteiger charge is -2.27. The molecule has 3 amide bonds. The summed E-state index contributed by atoms with van der Waals surface area (Å²) in [6.07, 6.45) is 0.919. The van der Waals surface area contributed by atoms with Crippen molar-refractivity contribution >= 4 is 17.6 Å². The van der Waals surface area contributed by atoms with Crippen molar-refractivity contribution in [2.45, 2.75) is 39.0 Å². The first-order chi connectivity index (χ1) is 14.0. The molecule has 154 valence electrons. The van der Waals surface area contributed by atoms with Crippen LogP contribution in [-0.4, -0.2) is 63.1 Å². The van der Waals surface area contributed by atoms with Crippen molar-refractivity contribution in [3.8, 4) is 0 Å². The summed E-state index contributed by atoms with van der Waals surface area (Å²) in [6.45, 7) is 2.95. The Kier molecular flexibility index (Phi) is 5.25. The fourth-order valence-corrected chi connectivity index (χ4v) is 3.78. The van der Waals surface area contributed by atoms with Gasteiger partial charge >= 0.3 is 6.03 Å². The van der Waals surface area contributed by atoms with Crippen molar-refractivity contribution in [1.82, 2.24) is 19.7 Å². The number of nitrogens with zero attached hydrogens (tertiary/aromatic N) is 4. The van der Waals surface area contributed by atoms with Crippen LogP contribution >= 0.6 is 0 Å². The molecule has 1 aromatic carbocycles. The van der Waals surface area contributed by atoms with E-state index in [-0.39, 0.29) is 25.1 Å². The molecule has 0 saturated carbocycles. The predicted molar refractivity (Wildman–Crippen MR) is 105 cm³/mol. The first-order valence-electron chi connectivity index (χ1n) is 9.79. The summed E-state index contributed by atoms with van der Waals surface area (Å²) < 4.78 is 1.60. The molecule has 0 spiro atoms. The molecule has 2 aliphatic heterocycles. The molecule has 2 aromatic rings. The number of hydrogen-bond acceptors (Lipinski definition) is 5. The number of carbonyl (C=O) groups is 2. The van der Waals surface area contributed by atoms with Crippen molar-refractivity contribution in [3.05, 3.63) is 46.8 Å². The first kappa shape index (κ1) is 19.4. The zero-order valence-corrected chi connectivity index (χ0v) is 16.6. The lowest BCUT2D eigenvalue weighted by molar-refractivity contribution is -0.159. The van der Waals surface area contributed by atoms with E-state index in [0.29, 0.717) is 25.2 Å². The number of anilines is 1. The summed E-state index contributed by atoms with van der Waals surface area (Å²) >= 11 is 0. The Morgan fingerprint density at radius 1 is 1.41 bits per heavy atom. The van der Waals surface area contributed by atoms with E-state index >= 15 is 0 Å². The van der Waals surface area contributed by atoms with E-state index < -0.39 is 6.10 Å². The molecule has 0 fully saturated rings. The Labute approximate surface area is 168 Å². The summed E-state index contributed by atoms with van der Waals surface area (Å²) in [5.74, 6) is -0.326. The van der Waals surface area contributed by atoms with Gasteiger partial charge in [-0.1, -0.05) is 19.1 Å². The lowest BCUT2D eigenvalue weighted by atomic mass is 10.1. The van der Waals surface area contributed by atoms with Gasteiger partial charge in [0.15, 0.2) is 0 Å². The fraction of sp³-hybridized carbons (Fsp3) is 0.450. The molecule has 0 radical (unpaired) electrons. The number of fused-ring (bicyclic) bond motifs is 3. The lowest BCUT2D eigenvalue weighted by Crippen LogP contribution is -2.39. The SMILES string of the molecule is CCc1cccc(NC(=O)N2CCc3nn4c(c3C2)C(=O)N(C)OC(CO)C4)c1. The van der Waals surface area contributed by atoms with Crippen molar-refractivity contribution in [1.29, 1.82) is 0 Å². The van der Waals surface area contributed by atoms with E-state index in [2.05, 4.69) is 17.3 Å². The van der Waals surface area contributed by atoms with Gasteiger partial charge < -0.3 is 15.3 Å². The first-order valence-corrected chi connectivity index (χ1v) is 9.79. The number of aryl methyl sites for hydroxylation is 1. The summed E-state index contributed by atoms with van der Waals surface area (Å²) in [4.78, 5) is 32.8. The van der Waals surface area contributed by atoms with Crippen LogP contribution < -0.4 is 5.32 Å². The molecule has 2 N–H and O–H groups in total. The van der Waals surface area contributed by atoms with Gasteiger partial charge in [0.2, 0.25) is 0 Å². The van der Waals surface area contributed by atoms with Gasteiger partial charge in [-0.2, -0.15) is 5.10 Å². The Morgan fingerprint density at radius 3 is 3.00 bits per heavy atom. The second-order valence-corrected chi connectivity index (χ2v) is 7.32. The number of hydroxylamine groups is 2. The highest BCUT2D eigenvalue weighted by molar-refractivity contribution is 5.94. The van der Waals surface area contributed by atoms with Crippen LogP contribution in [0.2, 0.25) is 0 Å². The third-order valence-corrected chi connectivity index (χ3v) is 5.35. The normalized spacial score (nSPS) is 18.9. The Balaban J connectivity index is 1.56. The number of benzene rings is 1.